The molecule has 3 aromatic rings. The summed E-state index contributed by atoms with van der Waals surface area (Å²) in [5.41, 5.74) is 6.30. The lowest BCUT2D eigenvalue weighted by Crippen LogP contribution is -2.20. The number of ether oxygens (including phenoxy) is 1. The van der Waals surface area contributed by atoms with Crippen LogP contribution in [0.25, 0.3) is 11.1 Å². The molecule has 0 bridgehead atoms. The van der Waals surface area contributed by atoms with Crippen molar-refractivity contribution in [3.8, 4) is 16.9 Å². The molecule has 4 heteroatoms. The van der Waals surface area contributed by atoms with E-state index in [1.54, 1.807) is 0 Å². The molecule has 0 amide bonds. The first kappa shape index (κ1) is 20.6. The van der Waals surface area contributed by atoms with Gasteiger partial charge in [-0.25, -0.2) is 0 Å². The van der Waals surface area contributed by atoms with Crippen LogP contribution in [-0.2, 0) is 23.4 Å². The fourth-order valence-electron chi connectivity index (χ4n) is 3.52. The van der Waals surface area contributed by atoms with E-state index in [2.05, 4.69) is 86.8 Å². The molecule has 0 unspecified atom stereocenters. The van der Waals surface area contributed by atoms with E-state index in [1.165, 1.54) is 27.8 Å². The van der Waals surface area contributed by atoms with Crippen LogP contribution in [0.3, 0.4) is 0 Å². The Morgan fingerprint density at radius 3 is 2.33 bits per heavy atom. The minimum Gasteiger partial charge on any atom is -0.489 e. The number of nitrogens with zero attached hydrogens (tertiary/aromatic N) is 1. The Hall–Kier alpha value is -2.66. The molecule has 30 heavy (non-hydrogen) atoms. The van der Waals surface area contributed by atoms with Gasteiger partial charge >= 0.3 is 0 Å². The van der Waals surface area contributed by atoms with Crippen molar-refractivity contribution in [2.45, 2.75) is 39.3 Å². The van der Waals surface area contributed by atoms with Gasteiger partial charge in [0.1, 0.15) is 19.1 Å². The van der Waals surface area contributed by atoms with Crippen LogP contribution in [0.5, 0.6) is 5.75 Å². The van der Waals surface area contributed by atoms with E-state index < -0.39 is 0 Å². The summed E-state index contributed by atoms with van der Waals surface area (Å²) in [6, 6.07) is 25.6. The third-order valence-corrected chi connectivity index (χ3v) is 5.34. The molecule has 1 heterocycles. The van der Waals surface area contributed by atoms with Crippen LogP contribution in [0.1, 0.15) is 37.5 Å². The Kier molecular flexibility index (Phi) is 6.18. The highest BCUT2D eigenvalue weighted by Crippen LogP contribution is 2.25. The lowest BCUT2D eigenvalue weighted by atomic mass is 9.87. The van der Waals surface area contributed by atoms with Crippen molar-refractivity contribution in [1.29, 1.82) is 0 Å². The lowest BCUT2D eigenvalue weighted by Gasteiger charge is -2.19. The normalized spacial score (nSPS) is 14.8. The van der Waals surface area contributed by atoms with Crippen molar-refractivity contribution in [1.82, 2.24) is 10.4 Å². The van der Waals surface area contributed by atoms with Crippen molar-refractivity contribution in [3.05, 3.63) is 89.5 Å². The summed E-state index contributed by atoms with van der Waals surface area (Å²) < 4.78 is 5.99. The molecule has 0 aliphatic carbocycles. The Morgan fingerprint density at radius 2 is 1.67 bits per heavy atom. The summed E-state index contributed by atoms with van der Waals surface area (Å²) in [6.45, 7) is 9.38. The first-order chi connectivity index (χ1) is 14.5. The Morgan fingerprint density at radius 1 is 0.900 bits per heavy atom. The molecule has 0 aromatic heterocycles. The van der Waals surface area contributed by atoms with Gasteiger partial charge in [-0.15, -0.1) is 0 Å². The third-order valence-electron chi connectivity index (χ3n) is 5.34. The van der Waals surface area contributed by atoms with E-state index >= 15 is 0 Å². The van der Waals surface area contributed by atoms with Crippen LogP contribution in [0.15, 0.2) is 72.8 Å². The minimum absolute atomic E-state index is 0.172. The predicted octanol–water partition coefficient (Wildman–Crippen LogP) is 5.48. The Bertz CT molecular complexity index is 954. The van der Waals surface area contributed by atoms with Crippen LogP contribution in [0.4, 0.5) is 0 Å². The zero-order valence-electron chi connectivity index (χ0n) is 18.0. The molecule has 1 aliphatic rings. The van der Waals surface area contributed by atoms with Gasteiger partial charge < -0.3 is 4.74 Å². The number of nitrogens with one attached hydrogen (secondary N) is 1. The van der Waals surface area contributed by atoms with Gasteiger partial charge in [-0.3, -0.25) is 10.2 Å². The molecule has 0 radical (unpaired) electrons. The monoisotopic (exact) mass is 402 g/mol. The molecule has 3 aromatic carbocycles. The summed E-state index contributed by atoms with van der Waals surface area (Å²) in [6.07, 6.45) is 0. The second kappa shape index (κ2) is 9.00. The molecule has 0 atom stereocenters. The molecule has 156 valence electrons. The predicted molar refractivity (Wildman–Crippen MR) is 121 cm³/mol. The second-order valence-electron chi connectivity index (χ2n) is 8.78. The smallest absolute Gasteiger partial charge is 0.120 e. The van der Waals surface area contributed by atoms with Crippen molar-refractivity contribution in [2.75, 3.05) is 13.4 Å². The van der Waals surface area contributed by atoms with E-state index in [0.717, 1.165) is 19.0 Å². The Labute approximate surface area is 179 Å². The maximum atomic E-state index is 5.99. The van der Waals surface area contributed by atoms with Crippen molar-refractivity contribution >= 4 is 0 Å². The fourth-order valence-corrected chi connectivity index (χ4v) is 3.52. The van der Waals surface area contributed by atoms with Gasteiger partial charge in [-0.05, 0) is 51.4 Å². The summed E-state index contributed by atoms with van der Waals surface area (Å²) in [5.74, 6) is 0.881. The number of hydroxylamine groups is 2. The van der Waals surface area contributed by atoms with E-state index in [9.17, 15) is 0 Å². The molecule has 1 fully saturated rings. The van der Waals surface area contributed by atoms with E-state index in [4.69, 9.17) is 9.57 Å². The van der Waals surface area contributed by atoms with Gasteiger partial charge in [-0.2, -0.15) is 5.06 Å². The number of benzene rings is 3. The van der Waals surface area contributed by atoms with E-state index in [-0.39, 0.29) is 5.41 Å². The fraction of sp³-hybridized carbons (Fsp3) is 0.308. The highest BCUT2D eigenvalue weighted by atomic mass is 16.7. The van der Waals surface area contributed by atoms with Crippen LogP contribution >= 0.6 is 0 Å². The molecule has 1 N–H and O–H groups in total. The van der Waals surface area contributed by atoms with Gasteiger partial charge in [0.2, 0.25) is 0 Å². The zero-order valence-corrected chi connectivity index (χ0v) is 18.0. The maximum absolute atomic E-state index is 5.99. The van der Waals surface area contributed by atoms with Crippen LogP contribution in [0.2, 0.25) is 0 Å². The largest absolute Gasteiger partial charge is 0.489 e. The zero-order chi connectivity index (χ0) is 21.0. The van der Waals surface area contributed by atoms with Gasteiger partial charge in [0.25, 0.3) is 0 Å². The van der Waals surface area contributed by atoms with Gasteiger partial charge in [0.15, 0.2) is 0 Å². The summed E-state index contributed by atoms with van der Waals surface area (Å²) in [4.78, 5) is 5.51. The van der Waals surface area contributed by atoms with Crippen molar-refractivity contribution in [3.63, 3.8) is 0 Å². The molecule has 0 spiro atoms. The molecule has 4 rings (SSSR count). The van der Waals surface area contributed by atoms with Crippen LogP contribution in [0, 0.1) is 0 Å². The molecule has 4 nitrogen and oxygen atoms in total. The first-order valence-electron chi connectivity index (χ1n) is 10.5. The Balaban J connectivity index is 1.37. The summed E-state index contributed by atoms with van der Waals surface area (Å²) in [5, 5.41) is 5.10. The van der Waals surface area contributed by atoms with E-state index in [1.807, 2.05) is 17.2 Å². The molecular weight excluding hydrogens is 372 g/mol. The highest BCUT2D eigenvalue weighted by Gasteiger charge is 2.13. The standard InChI is InChI=1S/C26H30N2O2/c1-26(2,3)24-11-7-20(8-12-24)17-29-25-13-9-22(10-14-25)23-6-4-5-21(15-23)16-28-18-27-19-30-28/h4-15,27H,16-19H2,1-3H3. The highest BCUT2D eigenvalue weighted by molar-refractivity contribution is 5.64. The summed E-state index contributed by atoms with van der Waals surface area (Å²) >= 11 is 0. The van der Waals surface area contributed by atoms with Crippen molar-refractivity contribution < 1.29 is 9.57 Å². The maximum Gasteiger partial charge on any atom is 0.120 e. The average Bonchev–Trinajstić information content (AvgIpc) is 3.25. The van der Waals surface area contributed by atoms with Crippen LogP contribution < -0.4 is 10.1 Å². The molecular formula is C26H30N2O2. The molecule has 0 saturated carbocycles. The average molecular weight is 403 g/mol. The molecule has 1 saturated heterocycles. The lowest BCUT2D eigenvalue weighted by molar-refractivity contribution is -0.117. The van der Waals surface area contributed by atoms with Gasteiger partial charge in [0.05, 0.1) is 13.2 Å². The van der Waals surface area contributed by atoms with Gasteiger partial charge in [-0.1, -0.05) is 75.4 Å². The SMILES string of the molecule is CC(C)(C)c1ccc(COc2ccc(-c3cccc(CN4CNCO4)c3)cc2)cc1. The number of hydrogen-bond acceptors (Lipinski definition) is 4. The second-order valence-corrected chi connectivity index (χ2v) is 8.78. The van der Waals surface area contributed by atoms with Crippen LogP contribution in [-0.4, -0.2) is 18.5 Å². The first-order valence-corrected chi connectivity index (χ1v) is 10.5. The van der Waals surface area contributed by atoms with E-state index in [0.29, 0.717) is 13.3 Å². The van der Waals surface area contributed by atoms with Gasteiger partial charge in [0, 0.05) is 0 Å². The summed E-state index contributed by atoms with van der Waals surface area (Å²) in [7, 11) is 0. The quantitative estimate of drug-likeness (QED) is 0.592. The topological polar surface area (TPSA) is 33.7 Å². The minimum atomic E-state index is 0.172. The molecule has 1 aliphatic heterocycles. The number of hydrogen-bond donors (Lipinski definition) is 1. The van der Waals surface area contributed by atoms with Crippen molar-refractivity contribution in [2.24, 2.45) is 0 Å². The third kappa shape index (κ3) is 5.28. The number of rotatable bonds is 6.